The Morgan fingerprint density at radius 1 is 1.24 bits per heavy atom. The lowest BCUT2D eigenvalue weighted by atomic mass is 10.2. The first kappa shape index (κ1) is 24.3. The van der Waals surface area contributed by atoms with Crippen LogP contribution in [0.15, 0.2) is 55.0 Å². The summed E-state index contributed by atoms with van der Waals surface area (Å²) >= 11 is 0. The first-order chi connectivity index (χ1) is 16.4. The Labute approximate surface area is 198 Å². The molecule has 0 fully saturated rings. The molecule has 176 valence electrons. The molecular formula is C24H27N7O3. The van der Waals surface area contributed by atoms with E-state index in [1.807, 2.05) is 37.3 Å². The molecule has 1 aromatic carbocycles. The van der Waals surface area contributed by atoms with Crippen LogP contribution in [0.2, 0.25) is 0 Å². The normalized spacial score (nSPS) is 10.3. The van der Waals surface area contributed by atoms with E-state index in [4.69, 9.17) is 10.00 Å². The van der Waals surface area contributed by atoms with Gasteiger partial charge in [-0.05, 0) is 31.2 Å². The number of benzene rings is 1. The van der Waals surface area contributed by atoms with Gasteiger partial charge in [0, 0.05) is 32.4 Å². The zero-order valence-electron chi connectivity index (χ0n) is 19.2. The predicted molar refractivity (Wildman–Crippen MR) is 127 cm³/mol. The van der Waals surface area contributed by atoms with E-state index in [0.29, 0.717) is 36.8 Å². The van der Waals surface area contributed by atoms with Gasteiger partial charge in [-0.15, -0.1) is 0 Å². The van der Waals surface area contributed by atoms with Gasteiger partial charge in [0.05, 0.1) is 30.1 Å². The van der Waals surface area contributed by atoms with Crippen LogP contribution in [0.1, 0.15) is 17.5 Å². The van der Waals surface area contributed by atoms with Crippen LogP contribution in [0.4, 0.5) is 11.5 Å². The third-order valence-electron chi connectivity index (χ3n) is 4.90. The average molecular weight is 462 g/mol. The van der Waals surface area contributed by atoms with E-state index in [2.05, 4.69) is 20.7 Å². The molecular weight excluding hydrogens is 434 g/mol. The Balaban J connectivity index is 1.37. The molecule has 0 aliphatic heterocycles. The number of anilines is 2. The van der Waals surface area contributed by atoms with Gasteiger partial charge in [-0.3, -0.25) is 14.3 Å². The smallest absolute Gasteiger partial charge is 0.244 e. The second-order valence-corrected chi connectivity index (χ2v) is 7.67. The molecule has 10 heteroatoms. The Hall–Kier alpha value is -4.39. The van der Waals surface area contributed by atoms with Crippen molar-refractivity contribution < 1.29 is 14.3 Å². The second kappa shape index (κ2) is 12.0. The van der Waals surface area contributed by atoms with Gasteiger partial charge in [0.1, 0.15) is 24.7 Å². The molecule has 10 nitrogen and oxygen atoms in total. The van der Waals surface area contributed by atoms with E-state index in [0.717, 1.165) is 11.3 Å². The summed E-state index contributed by atoms with van der Waals surface area (Å²) in [7, 11) is 1.71. The van der Waals surface area contributed by atoms with Crippen LogP contribution in [0.25, 0.3) is 0 Å². The van der Waals surface area contributed by atoms with Gasteiger partial charge in [-0.25, -0.2) is 4.98 Å². The summed E-state index contributed by atoms with van der Waals surface area (Å²) in [6.07, 6.45) is 4.84. The van der Waals surface area contributed by atoms with Gasteiger partial charge in [0.25, 0.3) is 0 Å². The fraction of sp³-hybridized carbons (Fsp3) is 0.292. The number of carbonyl (C=O) groups excluding carboxylic acids is 2. The van der Waals surface area contributed by atoms with E-state index in [1.54, 1.807) is 30.3 Å². The molecule has 0 aliphatic rings. The van der Waals surface area contributed by atoms with Crippen LogP contribution in [-0.2, 0) is 16.1 Å². The number of amides is 2. The first-order valence-corrected chi connectivity index (χ1v) is 10.8. The largest absolute Gasteiger partial charge is 0.492 e. The third-order valence-corrected chi connectivity index (χ3v) is 4.90. The Morgan fingerprint density at radius 3 is 2.79 bits per heavy atom. The van der Waals surface area contributed by atoms with Crippen LogP contribution in [0, 0.1) is 18.3 Å². The molecule has 0 spiro atoms. The molecule has 0 radical (unpaired) electrons. The second-order valence-electron chi connectivity index (χ2n) is 7.67. The fourth-order valence-electron chi connectivity index (χ4n) is 2.96. The van der Waals surface area contributed by atoms with E-state index in [9.17, 15) is 9.59 Å². The van der Waals surface area contributed by atoms with E-state index >= 15 is 0 Å². The van der Waals surface area contributed by atoms with Crippen molar-refractivity contribution in [2.45, 2.75) is 19.9 Å². The first-order valence-electron chi connectivity index (χ1n) is 10.8. The lowest BCUT2D eigenvalue weighted by Gasteiger charge is -2.17. The topological polar surface area (TPSA) is 125 Å². The highest BCUT2D eigenvalue weighted by Crippen LogP contribution is 2.11. The summed E-state index contributed by atoms with van der Waals surface area (Å²) in [5, 5.41) is 18.8. The minimum atomic E-state index is -0.208. The molecule has 3 aromatic rings. The Kier molecular flexibility index (Phi) is 8.57. The molecule has 0 saturated heterocycles. The van der Waals surface area contributed by atoms with Crippen LogP contribution < -0.4 is 15.4 Å². The van der Waals surface area contributed by atoms with Crippen molar-refractivity contribution in [1.29, 1.82) is 5.26 Å². The molecule has 3 rings (SSSR count). The van der Waals surface area contributed by atoms with Crippen molar-refractivity contribution in [2.75, 3.05) is 37.4 Å². The minimum absolute atomic E-state index is 0.0549. The van der Waals surface area contributed by atoms with Crippen molar-refractivity contribution in [1.82, 2.24) is 19.7 Å². The maximum atomic E-state index is 12.4. The van der Waals surface area contributed by atoms with Gasteiger partial charge in [0.2, 0.25) is 11.8 Å². The minimum Gasteiger partial charge on any atom is -0.492 e. The fourth-order valence-corrected chi connectivity index (χ4v) is 2.96. The van der Waals surface area contributed by atoms with Crippen LogP contribution in [-0.4, -0.2) is 58.2 Å². The molecule has 0 unspecified atom stereocenters. The average Bonchev–Trinajstić information content (AvgIpc) is 3.26. The molecule has 0 aliphatic carbocycles. The maximum Gasteiger partial charge on any atom is 0.244 e. The zero-order valence-corrected chi connectivity index (χ0v) is 19.2. The van der Waals surface area contributed by atoms with Gasteiger partial charge >= 0.3 is 0 Å². The molecule has 2 heterocycles. The van der Waals surface area contributed by atoms with Crippen LogP contribution in [0.5, 0.6) is 5.75 Å². The summed E-state index contributed by atoms with van der Waals surface area (Å²) in [6, 6.07) is 13.0. The molecule has 2 aromatic heterocycles. The Bertz CT molecular complexity index is 1150. The number of nitrogens with zero attached hydrogens (tertiary/aromatic N) is 5. The summed E-state index contributed by atoms with van der Waals surface area (Å²) in [5.74, 6) is 0.970. The lowest BCUT2D eigenvalue weighted by Crippen LogP contribution is -2.33. The summed E-state index contributed by atoms with van der Waals surface area (Å²) in [4.78, 5) is 30.3. The van der Waals surface area contributed by atoms with E-state index in [-0.39, 0.29) is 24.8 Å². The molecule has 0 bridgehead atoms. The van der Waals surface area contributed by atoms with Gasteiger partial charge in [-0.2, -0.15) is 10.4 Å². The van der Waals surface area contributed by atoms with Gasteiger partial charge < -0.3 is 20.3 Å². The highest BCUT2D eigenvalue weighted by atomic mass is 16.5. The number of hydrogen-bond donors (Lipinski definition) is 2. The SMILES string of the molecule is Cc1ccc(OCCN(C)C(=O)Cn2cc(NC(=O)CCNc3cc(C#N)ccn3)cn2)cc1. The molecule has 2 N–H and O–H groups in total. The molecule has 2 amide bonds. The van der Waals surface area contributed by atoms with Gasteiger partial charge in [-0.1, -0.05) is 17.7 Å². The molecule has 0 atom stereocenters. The van der Waals surface area contributed by atoms with Crippen molar-refractivity contribution in [3.05, 3.63) is 66.1 Å². The third kappa shape index (κ3) is 7.63. The summed E-state index contributed by atoms with van der Waals surface area (Å²) < 4.78 is 7.14. The quantitative estimate of drug-likeness (QED) is 0.449. The number of nitrogens with one attached hydrogen (secondary N) is 2. The molecule has 0 saturated carbocycles. The summed E-state index contributed by atoms with van der Waals surface area (Å²) in [5.41, 5.74) is 2.16. The molecule has 34 heavy (non-hydrogen) atoms. The van der Waals surface area contributed by atoms with Gasteiger partial charge in [0.15, 0.2) is 0 Å². The Morgan fingerprint density at radius 2 is 2.03 bits per heavy atom. The van der Waals surface area contributed by atoms with Crippen LogP contribution in [0.3, 0.4) is 0 Å². The number of pyridine rings is 1. The number of carbonyl (C=O) groups is 2. The number of hydrogen-bond acceptors (Lipinski definition) is 7. The predicted octanol–water partition coefficient (Wildman–Crippen LogP) is 2.44. The summed E-state index contributed by atoms with van der Waals surface area (Å²) in [6.45, 7) is 3.25. The highest BCUT2D eigenvalue weighted by Gasteiger charge is 2.12. The number of ether oxygens (including phenoxy) is 1. The monoisotopic (exact) mass is 461 g/mol. The number of rotatable bonds is 11. The lowest BCUT2D eigenvalue weighted by molar-refractivity contribution is -0.131. The number of aromatic nitrogens is 3. The number of likely N-dealkylation sites (N-methyl/N-ethyl adjacent to an activating group) is 1. The van der Waals surface area contributed by atoms with Crippen molar-refractivity contribution in [3.8, 4) is 11.8 Å². The van der Waals surface area contributed by atoms with E-state index < -0.39 is 0 Å². The van der Waals surface area contributed by atoms with Crippen LogP contribution >= 0.6 is 0 Å². The standard InChI is InChI=1S/C24H27N7O3/c1-18-3-5-21(6-4-18)34-12-11-30(2)24(33)17-31-16-20(15-28-31)29-23(32)8-10-27-22-13-19(14-25)7-9-26-22/h3-7,9,13,15-16H,8,10-12,17H2,1-2H3,(H,26,27)(H,29,32). The number of aryl methyl sites for hydroxylation is 1. The maximum absolute atomic E-state index is 12.4. The van der Waals surface area contributed by atoms with Crippen molar-refractivity contribution in [3.63, 3.8) is 0 Å². The zero-order chi connectivity index (χ0) is 24.3. The number of nitriles is 1. The van der Waals surface area contributed by atoms with Crippen molar-refractivity contribution >= 4 is 23.3 Å². The van der Waals surface area contributed by atoms with E-state index in [1.165, 1.54) is 17.1 Å². The van der Waals surface area contributed by atoms with Crippen molar-refractivity contribution in [2.24, 2.45) is 0 Å². The highest BCUT2D eigenvalue weighted by molar-refractivity contribution is 5.90.